The molecule has 1 aliphatic heterocycles. The number of carbonyl (C=O) groups is 1. The summed E-state index contributed by atoms with van der Waals surface area (Å²) in [5.41, 5.74) is 1.68. The molecule has 0 N–H and O–H groups in total. The summed E-state index contributed by atoms with van der Waals surface area (Å²) < 4.78 is 10.2. The molecular formula is C10H16O3. The van der Waals surface area contributed by atoms with E-state index in [1.165, 1.54) is 0 Å². The van der Waals surface area contributed by atoms with Crippen LogP contribution >= 0.6 is 0 Å². The first-order valence-electron chi connectivity index (χ1n) is 4.49. The molecule has 0 aromatic carbocycles. The maximum atomic E-state index is 11.4. The van der Waals surface area contributed by atoms with Crippen LogP contribution in [-0.2, 0) is 14.3 Å². The first kappa shape index (κ1) is 10.3. The van der Waals surface area contributed by atoms with E-state index in [0.717, 1.165) is 5.57 Å². The van der Waals surface area contributed by atoms with Crippen LogP contribution in [0.5, 0.6) is 0 Å². The first-order valence-corrected chi connectivity index (χ1v) is 4.49. The number of hydrogen-bond acceptors (Lipinski definition) is 3. The Morgan fingerprint density at radius 1 is 1.46 bits per heavy atom. The van der Waals surface area contributed by atoms with Gasteiger partial charge in [0.1, 0.15) is 12.2 Å². The maximum Gasteiger partial charge on any atom is 0.334 e. The van der Waals surface area contributed by atoms with Crippen molar-refractivity contribution < 1.29 is 14.3 Å². The highest BCUT2D eigenvalue weighted by Gasteiger charge is 2.32. The third kappa shape index (κ3) is 2.84. The molecule has 74 valence electrons. The summed E-state index contributed by atoms with van der Waals surface area (Å²) in [4.78, 5) is 11.4. The van der Waals surface area contributed by atoms with Crippen LogP contribution in [0.3, 0.4) is 0 Å². The molecule has 3 heteroatoms. The SMILES string of the molecule is CC(C)=C(C)C(=O)OC(C)C1CO1. The molecule has 0 saturated carbocycles. The van der Waals surface area contributed by atoms with Crippen LogP contribution in [0.25, 0.3) is 0 Å². The third-order valence-corrected chi connectivity index (χ3v) is 2.23. The van der Waals surface area contributed by atoms with Crippen molar-refractivity contribution in [3.63, 3.8) is 0 Å². The summed E-state index contributed by atoms with van der Waals surface area (Å²) in [6, 6.07) is 0. The van der Waals surface area contributed by atoms with Gasteiger partial charge < -0.3 is 9.47 Å². The van der Waals surface area contributed by atoms with Crippen molar-refractivity contribution in [3.8, 4) is 0 Å². The van der Waals surface area contributed by atoms with Crippen LogP contribution in [0.1, 0.15) is 27.7 Å². The zero-order valence-corrected chi connectivity index (χ0v) is 8.59. The molecule has 1 rings (SSSR count). The Morgan fingerprint density at radius 3 is 2.38 bits per heavy atom. The van der Waals surface area contributed by atoms with Gasteiger partial charge in [0.15, 0.2) is 0 Å². The number of rotatable bonds is 3. The van der Waals surface area contributed by atoms with Crippen LogP contribution in [0, 0.1) is 0 Å². The van der Waals surface area contributed by atoms with E-state index in [1.807, 2.05) is 20.8 Å². The van der Waals surface area contributed by atoms with Crippen LogP contribution in [0.15, 0.2) is 11.1 Å². The number of epoxide rings is 1. The molecule has 3 nitrogen and oxygen atoms in total. The second-order valence-corrected chi connectivity index (χ2v) is 3.61. The number of carbonyl (C=O) groups excluding carboxylic acids is 1. The van der Waals surface area contributed by atoms with Crippen molar-refractivity contribution in [1.29, 1.82) is 0 Å². The predicted molar refractivity (Wildman–Crippen MR) is 49.3 cm³/mol. The molecule has 0 aliphatic carbocycles. The Labute approximate surface area is 78.7 Å². The quantitative estimate of drug-likeness (QED) is 0.380. The van der Waals surface area contributed by atoms with Crippen molar-refractivity contribution in [2.45, 2.75) is 39.9 Å². The Balaban J connectivity index is 2.44. The lowest BCUT2D eigenvalue weighted by Crippen LogP contribution is -2.21. The van der Waals surface area contributed by atoms with Gasteiger partial charge in [-0.1, -0.05) is 5.57 Å². The molecule has 13 heavy (non-hydrogen) atoms. The van der Waals surface area contributed by atoms with Crippen LogP contribution < -0.4 is 0 Å². The predicted octanol–water partition coefficient (Wildman–Crippen LogP) is 1.67. The van der Waals surface area contributed by atoms with Gasteiger partial charge in [0, 0.05) is 5.57 Å². The van der Waals surface area contributed by atoms with E-state index in [2.05, 4.69) is 0 Å². The van der Waals surface area contributed by atoms with E-state index in [9.17, 15) is 4.79 Å². The summed E-state index contributed by atoms with van der Waals surface area (Å²) in [7, 11) is 0. The zero-order chi connectivity index (χ0) is 10.0. The number of ether oxygens (including phenoxy) is 2. The van der Waals surface area contributed by atoms with E-state index < -0.39 is 0 Å². The molecule has 1 heterocycles. The molecule has 0 amide bonds. The smallest absolute Gasteiger partial charge is 0.334 e. The number of esters is 1. The van der Waals surface area contributed by atoms with Gasteiger partial charge in [-0.15, -0.1) is 0 Å². The molecule has 1 saturated heterocycles. The van der Waals surface area contributed by atoms with E-state index in [1.54, 1.807) is 6.92 Å². The van der Waals surface area contributed by atoms with Crippen molar-refractivity contribution >= 4 is 5.97 Å². The second kappa shape index (κ2) is 3.92. The van der Waals surface area contributed by atoms with E-state index in [0.29, 0.717) is 12.2 Å². The fourth-order valence-corrected chi connectivity index (χ4v) is 0.864. The monoisotopic (exact) mass is 184 g/mol. The molecule has 2 unspecified atom stereocenters. The van der Waals surface area contributed by atoms with Gasteiger partial charge in [0.05, 0.1) is 6.61 Å². The summed E-state index contributed by atoms with van der Waals surface area (Å²) in [5.74, 6) is -0.233. The Hall–Kier alpha value is -0.830. The summed E-state index contributed by atoms with van der Waals surface area (Å²) in [5, 5.41) is 0. The van der Waals surface area contributed by atoms with Gasteiger partial charge in [-0.2, -0.15) is 0 Å². The summed E-state index contributed by atoms with van der Waals surface area (Å²) in [6.07, 6.45) is -0.00397. The normalized spacial score (nSPS) is 22.0. The highest BCUT2D eigenvalue weighted by Crippen LogP contribution is 2.18. The Bertz CT molecular complexity index is 235. The first-order chi connectivity index (χ1) is 6.02. The van der Waals surface area contributed by atoms with Crippen molar-refractivity contribution in [2.24, 2.45) is 0 Å². The molecule has 0 spiro atoms. The van der Waals surface area contributed by atoms with Crippen LogP contribution in [0.2, 0.25) is 0 Å². The minimum Gasteiger partial charge on any atom is -0.456 e. The molecule has 0 aromatic rings. The fraction of sp³-hybridized carbons (Fsp3) is 0.700. The van der Waals surface area contributed by atoms with Crippen LogP contribution in [0.4, 0.5) is 0 Å². The molecule has 1 aliphatic rings. The van der Waals surface area contributed by atoms with Gasteiger partial charge in [-0.25, -0.2) is 4.79 Å². The van der Waals surface area contributed by atoms with Crippen molar-refractivity contribution in [1.82, 2.24) is 0 Å². The third-order valence-electron chi connectivity index (χ3n) is 2.23. The number of allylic oxidation sites excluding steroid dienone is 1. The average Bonchev–Trinajstić information content (AvgIpc) is 2.84. The fourth-order valence-electron chi connectivity index (χ4n) is 0.864. The molecule has 0 radical (unpaired) electrons. The van der Waals surface area contributed by atoms with E-state index in [-0.39, 0.29) is 18.2 Å². The summed E-state index contributed by atoms with van der Waals surface area (Å²) in [6.45, 7) is 8.14. The van der Waals surface area contributed by atoms with E-state index >= 15 is 0 Å². The van der Waals surface area contributed by atoms with Crippen molar-refractivity contribution in [3.05, 3.63) is 11.1 Å². The molecular weight excluding hydrogens is 168 g/mol. The maximum absolute atomic E-state index is 11.4. The van der Waals surface area contributed by atoms with Crippen LogP contribution in [-0.4, -0.2) is 24.8 Å². The molecule has 2 atom stereocenters. The van der Waals surface area contributed by atoms with Crippen molar-refractivity contribution in [2.75, 3.05) is 6.61 Å². The Morgan fingerprint density at radius 2 is 2.00 bits per heavy atom. The second-order valence-electron chi connectivity index (χ2n) is 3.61. The number of hydrogen-bond donors (Lipinski definition) is 0. The largest absolute Gasteiger partial charge is 0.456 e. The zero-order valence-electron chi connectivity index (χ0n) is 8.59. The highest BCUT2D eigenvalue weighted by molar-refractivity contribution is 5.88. The topological polar surface area (TPSA) is 38.8 Å². The highest BCUT2D eigenvalue weighted by atomic mass is 16.6. The van der Waals surface area contributed by atoms with E-state index in [4.69, 9.17) is 9.47 Å². The minimum absolute atomic E-state index is 0.119. The van der Waals surface area contributed by atoms with Gasteiger partial charge in [-0.3, -0.25) is 0 Å². The lowest BCUT2D eigenvalue weighted by atomic mass is 10.2. The molecule has 0 bridgehead atoms. The summed E-state index contributed by atoms with van der Waals surface area (Å²) >= 11 is 0. The lowest BCUT2D eigenvalue weighted by molar-refractivity contribution is -0.144. The minimum atomic E-state index is -0.233. The average molecular weight is 184 g/mol. The van der Waals surface area contributed by atoms with Gasteiger partial charge in [0.2, 0.25) is 0 Å². The van der Waals surface area contributed by atoms with Gasteiger partial charge in [0.25, 0.3) is 0 Å². The molecule has 1 fully saturated rings. The standard InChI is InChI=1S/C10H16O3/c1-6(2)7(3)10(11)13-8(4)9-5-12-9/h8-9H,5H2,1-4H3. The van der Waals surface area contributed by atoms with Gasteiger partial charge >= 0.3 is 5.97 Å². The Kier molecular flexibility index (Phi) is 3.09. The lowest BCUT2D eigenvalue weighted by Gasteiger charge is -2.11. The molecule has 0 aromatic heterocycles. The van der Waals surface area contributed by atoms with Gasteiger partial charge in [-0.05, 0) is 27.7 Å².